The molecule has 2 N–H and O–H groups in total. The first-order valence-corrected chi connectivity index (χ1v) is 14.6. The largest absolute Gasteiger partial charge is 0.366 e. The van der Waals surface area contributed by atoms with Crippen molar-refractivity contribution in [2.75, 3.05) is 23.4 Å². The summed E-state index contributed by atoms with van der Waals surface area (Å²) in [5.74, 6) is 1.57. The average Bonchev–Trinajstić information content (AvgIpc) is 3.18. The second-order valence-corrected chi connectivity index (χ2v) is 11.3. The van der Waals surface area contributed by atoms with Crippen molar-refractivity contribution in [1.82, 2.24) is 10.2 Å². The van der Waals surface area contributed by atoms with Gasteiger partial charge in [0, 0.05) is 63.6 Å². The fourth-order valence-corrected chi connectivity index (χ4v) is 6.73. The number of amides is 1. The lowest BCUT2D eigenvalue weighted by Crippen LogP contribution is -2.48. The van der Waals surface area contributed by atoms with Gasteiger partial charge in [0.2, 0.25) is 0 Å². The Balaban J connectivity index is 1.22. The molecule has 7 heteroatoms. The molecule has 3 aromatic rings. The molecule has 1 aliphatic carbocycles. The molecule has 0 radical (unpaired) electrons. The van der Waals surface area contributed by atoms with Crippen LogP contribution >= 0.6 is 23.4 Å². The summed E-state index contributed by atoms with van der Waals surface area (Å²) in [5, 5.41) is 6.98. The number of hydrogen-bond donors (Lipinski definition) is 2. The monoisotopic (exact) mass is 553 g/mol. The van der Waals surface area contributed by atoms with Gasteiger partial charge in [-0.15, -0.1) is 0 Å². The van der Waals surface area contributed by atoms with E-state index in [1.807, 2.05) is 97.0 Å². The third kappa shape index (κ3) is 5.14. The van der Waals surface area contributed by atoms with E-state index in [4.69, 9.17) is 11.6 Å². The molecule has 39 heavy (non-hydrogen) atoms. The number of nitrogens with zero attached hydrogens (tertiary/aromatic N) is 1. The van der Waals surface area contributed by atoms with E-state index in [0.29, 0.717) is 28.3 Å². The zero-order chi connectivity index (χ0) is 26.8. The van der Waals surface area contributed by atoms with Crippen LogP contribution in [-0.2, 0) is 0 Å². The maximum atomic E-state index is 13.8. The zero-order valence-electron chi connectivity index (χ0n) is 21.3. The number of fused-ring (bicyclic) bond motifs is 3. The van der Waals surface area contributed by atoms with Gasteiger partial charge in [-0.25, -0.2) is 0 Å². The molecule has 0 bridgehead atoms. The summed E-state index contributed by atoms with van der Waals surface area (Å²) in [7, 11) is 0. The number of anilines is 1. The quantitative estimate of drug-likeness (QED) is 0.345. The number of thioether (sulfide) groups is 1. The molecule has 1 fully saturated rings. The van der Waals surface area contributed by atoms with Crippen LogP contribution < -0.4 is 10.6 Å². The summed E-state index contributed by atoms with van der Waals surface area (Å²) >= 11 is 8.53. The zero-order valence-corrected chi connectivity index (χ0v) is 22.8. The molecule has 0 spiro atoms. The van der Waals surface area contributed by atoms with Gasteiger partial charge >= 0.3 is 0 Å². The molecule has 2 heterocycles. The Kier molecular flexibility index (Phi) is 7.31. The van der Waals surface area contributed by atoms with Gasteiger partial charge in [0.1, 0.15) is 0 Å². The molecular formula is C32H28ClN3O2S. The van der Waals surface area contributed by atoms with E-state index in [-0.39, 0.29) is 23.7 Å². The molecule has 196 valence electrons. The highest BCUT2D eigenvalue weighted by Gasteiger charge is 2.41. The molecule has 0 saturated carbocycles. The first-order chi connectivity index (χ1) is 19.1. The van der Waals surface area contributed by atoms with Gasteiger partial charge in [-0.2, -0.15) is 11.8 Å². The Bertz CT molecular complexity index is 1500. The number of carbonyl (C=O) groups excluding carboxylic acids is 2. The van der Waals surface area contributed by atoms with Crippen molar-refractivity contribution in [3.63, 3.8) is 0 Å². The van der Waals surface area contributed by atoms with E-state index in [1.54, 1.807) is 12.1 Å². The van der Waals surface area contributed by atoms with Gasteiger partial charge in [-0.05, 0) is 47.9 Å². The van der Waals surface area contributed by atoms with Gasteiger partial charge in [0.05, 0.1) is 12.0 Å². The molecule has 6 rings (SSSR count). The topological polar surface area (TPSA) is 61.4 Å². The number of rotatable bonds is 5. The summed E-state index contributed by atoms with van der Waals surface area (Å²) in [4.78, 5) is 29.4. The Hall–Kier alpha value is -3.74. The second-order valence-electron chi connectivity index (χ2n) is 9.79. The van der Waals surface area contributed by atoms with Crippen molar-refractivity contribution in [2.45, 2.75) is 12.5 Å². The number of halogens is 1. The van der Waals surface area contributed by atoms with Crippen molar-refractivity contribution in [3.05, 3.63) is 125 Å². The Morgan fingerprint density at radius 1 is 0.949 bits per heavy atom. The molecular weight excluding hydrogens is 526 g/mol. The summed E-state index contributed by atoms with van der Waals surface area (Å²) in [6.45, 7) is 0.879. The van der Waals surface area contributed by atoms with Crippen LogP contribution in [0.25, 0.3) is 11.1 Å². The van der Waals surface area contributed by atoms with Crippen LogP contribution in [0.5, 0.6) is 0 Å². The van der Waals surface area contributed by atoms with Gasteiger partial charge < -0.3 is 15.5 Å². The lowest BCUT2D eigenvalue weighted by molar-refractivity contribution is 0.0849. The first kappa shape index (κ1) is 25.5. The molecule has 3 aromatic carbocycles. The van der Waals surface area contributed by atoms with Crippen LogP contribution in [0.3, 0.4) is 0 Å². The molecule has 2 unspecified atom stereocenters. The van der Waals surface area contributed by atoms with Crippen LogP contribution in [0.15, 0.2) is 114 Å². The Labute approximate surface area is 237 Å². The lowest BCUT2D eigenvalue weighted by Gasteiger charge is -2.43. The van der Waals surface area contributed by atoms with Gasteiger partial charge in [-0.1, -0.05) is 66.2 Å². The number of nitrogens with one attached hydrogen (secondary N) is 2. The summed E-state index contributed by atoms with van der Waals surface area (Å²) in [6, 6.07) is 24.5. The number of benzene rings is 3. The summed E-state index contributed by atoms with van der Waals surface area (Å²) < 4.78 is 0. The van der Waals surface area contributed by atoms with E-state index < -0.39 is 0 Å². The van der Waals surface area contributed by atoms with Crippen molar-refractivity contribution in [3.8, 4) is 11.1 Å². The molecule has 2 aliphatic heterocycles. The molecule has 1 saturated heterocycles. The minimum atomic E-state index is -0.247. The molecule has 0 aromatic heterocycles. The lowest BCUT2D eigenvalue weighted by atomic mass is 9.79. The maximum absolute atomic E-state index is 13.8. The van der Waals surface area contributed by atoms with E-state index in [2.05, 4.69) is 15.5 Å². The summed E-state index contributed by atoms with van der Waals surface area (Å²) in [6.07, 6.45) is 6.50. The van der Waals surface area contributed by atoms with E-state index in [9.17, 15) is 9.59 Å². The predicted molar refractivity (Wildman–Crippen MR) is 160 cm³/mol. The van der Waals surface area contributed by atoms with Crippen LogP contribution in [-0.4, -0.2) is 40.7 Å². The molecule has 3 aliphatic rings. The Morgan fingerprint density at radius 3 is 2.54 bits per heavy atom. The number of Topliss-reactive ketones (excluding diaryl/α,β-unsaturated/α-hetero) is 1. The Morgan fingerprint density at radius 2 is 1.72 bits per heavy atom. The highest BCUT2D eigenvalue weighted by Crippen LogP contribution is 2.40. The smallest absolute Gasteiger partial charge is 0.256 e. The first-order valence-electron chi connectivity index (χ1n) is 13.1. The second kappa shape index (κ2) is 11.2. The highest BCUT2D eigenvalue weighted by molar-refractivity contribution is 7.99. The van der Waals surface area contributed by atoms with Crippen LogP contribution in [0, 0.1) is 5.92 Å². The maximum Gasteiger partial charge on any atom is 0.256 e. The molecule has 2 atom stereocenters. The van der Waals surface area contributed by atoms with E-state index >= 15 is 0 Å². The van der Waals surface area contributed by atoms with Crippen molar-refractivity contribution in [1.29, 1.82) is 0 Å². The van der Waals surface area contributed by atoms with E-state index in [0.717, 1.165) is 34.8 Å². The van der Waals surface area contributed by atoms with Gasteiger partial charge in [0.15, 0.2) is 5.78 Å². The third-order valence-electron chi connectivity index (χ3n) is 7.47. The fourth-order valence-electron chi connectivity index (χ4n) is 5.54. The third-order valence-corrected chi connectivity index (χ3v) is 8.81. The van der Waals surface area contributed by atoms with Gasteiger partial charge in [0.25, 0.3) is 5.91 Å². The standard InChI is InChI=1S/C32H28ClN3O2S/c33-29-15-14-27(30-28(29)19-34-18-24-20-39-17-16-36(24)30)31(37)22-10-12-23(13-11-22)35-32(38)26-9-5-4-8-25(26)21-6-2-1-3-7-21/h1-13,15,18-19,27,30,34H,14,16-17,20H2,(H,35,38). The fraction of sp³-hybridized carbons (Fsp3) is 0.188. The number of allylic oxidation sites excluding steroid dienone is 1. The number of hydrogen-bond acceptors (Lipinski definition) is 5. The van der Waals surface area contributed by atoms with Crippen LogP contribution in [0.1, 0.15) is 27.1 Å². The van der Waals surface area contributed by atoms with Gasteiger partial charge in [-0.3, -0.25) is 9.59 Å². The minimum Gasteiger partial charge on any atom is -0.366 e. The van der Waals surface area contributed by atoms with Crippen LogP contribution in [0.4, 0.5) is 5.69 Å². The summed E-state index contributed by atoms with van der Waals surface area (Å²) in [5.41, 5.74) is 5.88. The average molecular weight is 554 g/mol. The number of carbonyl (C=O) groups is 2. The minimum absolute atomic E-state index is 0.0816. The predicted octanol–water partition coefficient (Wildman–Crippen LogP) is 6.68. The van der Waals surface area contributed by atoms with Crippen LogP contribution in [0.2, 0.25) is 0 Å². The molecule has 1 amide bonds. The normalized spacial score (nSPS) is 20.2. The van der Waals surface area contributed by atoms with E-state index in [1.165, 1.54) is 5.70 Å². The van der Waals surface area contributed by atoms with Crippen molar-refractivity contribution < 1.29 is 9.59 Å². The molecule has 5 nitrogen and oxygen atoms in total. The number of ketones is 1. The highest BCUT2D eigenvalue weighted by atomic mass is 35.5. The van der Waals surface area contributed by atoms with Crippen molar-refractivity contribution >= 4 is 40.7 Å². The SMILES string of the molecule is O=C(Nc1ccc(C(=O)C2CC=C(Cl)C3=CNC=C4CSCCN4C32)cc1)c1ccccc1-c1ccccc1. The van der Waals surface area contributed by atoms with Crippen molar-refractivity contribution in [2.24, 2.45) is 5.92 Å².